The molecule has 12 aromatic rings. The molecule has 322 valence electrons. The molecule has 0 spiro atoms. The highest BCUT2D eigenvalue weighted by Gasteiger charge is 2.48. The number of fused-ring (bicyclic) bond motifs is 6. The lowest BCUT2D eigenvalue weighted by Gasteiger charge is -2.34. The molecule has 1 heterocycles. The van der Waals surface area contributed by atoms with Gasteiger partial charge in [-0.2, -0.15) is 0 Å². The largest absolute Gasteiger partial charge is 0.228 e. The zero-order chi connectivity index (χ0) is 45.7. The fraction of sp³-hybridized carbons (Fsp3) is 0.0149. The van der Waals surface area contributed by atoms with Crippen LogP contribution in [-0.4, -0.2) is 9.97 Å². The van der Waals surface area contributed by atoms with E-state index >= 15 is 0 Å². The van der Waals surface area contributed by atoms with E-state index in [1.54, 1.807) is 0 Å². The number of hydrogen-bond acceptors (Lipinski definition) is 2. The van der Waals surface area contributed by atoms with E-state index in [1.165, 1.54) is 55.3 Å². The zero-order valence-corrected chi connectivity index (χ0v) is 37.8. The molecule has 1 aliphatic carbocycles. The topological polar surface area (TPSA) is 25.8 Å². The third kappa shape index (κ3) is 6.64. The summed E-state index contributed by atoms with van der Waals surface area (Å²) >= 11 is 0. The molecule has 0 unspecified atom stereocenters. The van der Waals surface area contributed by atoms with Crippen molar-refractivity contribution in [1.29, 1.82) is 0 Å². The van der Waals surface area contributed by atoms with Crippen molar-refractivity contribution in [2.75, 3.05) is 0 Å². The van der Waals surface area contributed by atoms with Gasteiger partial charge in [0.2, 0.25) is 0 Å². The number of aromatic nitrogens is 2. The molecule has 0 radical (unpaired) electrons. The van der Waals surface area contributed by atoms with Crippen molar-refractivity contribution in [3.63, 3.8) is 0 Å². The van der Waals surface area contributed by atoms with Gasteiger partial charge in [-0.3, -0.25) is 0 Å². The molecular formula is C67H44N2. The Morgan fingerprint density at radius 2 is 0.754 bits per heavy atom. The third-order valence-corrected chi connectivity index (χ3v) is 14.2. The zero-order valence-electron chi connectivity index (χ0n) is 37.8. The van der Waals surface area contributed by atoms with Crippen LogP contribution in [0.2, 0.25) is 0 Å². The van der Waals surface area contributed by atoms with Crippen LogP contribution >= 0.6 is 0 Å². The molecule has 2 nitrogen and oxygen atoms in total. The normalized spacial score (nSPS) is 12.5. The summed E-state index contributed by atoms with van der Waals surface area (Å²) in [5, 5.41) is 4.78. The van der Waals surface area contributed by atoms with Gasteiger partial charge in [0.25, 0.3) is 0 Å². The Balaban J connectivity index is 0.946. The second kappa shape index (κ2) is 16.7. The maximum atomic E-state index is 5.38. The molecule has 69 heavy (non-hydrogen) atoms. The van der Waals surface area contributed by atoms with E-state index in [4.69, 9.17) is 9.97 Å². The Bertz CT molecular complexity index is 3820. The van der Waals surface area contributed by atoms with E-state index in [1.807, 2.05) is 6.07 Å². The first-order chi connectivity index (χ1) is 34.2. The molecule has 1 aromatic heterocycles. The highest BCUT2D eigenvalue weighted by molar-refractivity contribution is 6.06. The molecule has 11 aromatic carbocycles. The van der Waals surface area contributed by atoms with Gasteiger partial charge in [-0.15, -0.1) is 0 Å². The average Bonchev–Trinajstić information content (AvgIpc) is 3.75. The van der Waals surface area contributed by atoms with Gasteiger partial charge in [0.15, 0.2) is 5.82 Å². The van der Waals surface area contributed by atoms with Crippen LogP contribution in [0.1, 0.15) is 22.3 Å². The van der Waals surface area contributed by atoms with E-state index in [2.05, 4.69) is 261 Å². The maximum absolute atomic E-state index is 5.38. The summed E-state index contributed by atoms with van der Waals surface area (Å²) < 4.78 is 0. The molecule has 0 bridgehead atoms. The first kappa shape index (κ1) is 40.3. The SMILES string of the molecule is c1ccc(-c2cc(-c3ccccc3-c3ccccc3)nc(-c3ccc(-c4ccc(-c5cccc6c5-c5ccc7ccccc7c5C6(c5ccccc5)c5ccccc5)cc4)c4ccccc34)n2)cc1. The van der Waals surface area contributed by atoms with Gasteiger partial charge in [-0.25, -0.2) is 9.97 Å². The van der Waals surface area contributed by atoms with Crippen LogP contribution < -0.4 is 0 Å². The Morgan fingerprint density at radius 3 is 1.43 bits per heavy atom. The van der Waals surface area contributed by atoms with Crippen LogP contribution in [0.25, 0.3) is 100.0 Å². The van der Waals surface area contributed by atoms with Crippen molar-refractivity contribution in [2.45, 2.75) is 5.41 Å². The van der Waals surface area contributed by atoms with Crippen molar-refractivity contribution in [1.82, 2.24) is 9.97 Å². The molecule has 2 heteroatoms. The number of hydrogen-bond donors (Lipinski definition) is 0. The van der Waals surface area contributed by atoms with E-state index < -0.39 is 5.41 Å². The van der Waals surface area contributed by atoms with Crippen molar-refractivity contribution < 1.29 is 0 Å². The smallest absolute Gasteiger partial charge is 0.161 e. The van der Waals surface area contributed by atoms with E-state index in [9.17, 15) is 0 Å². The monoisotopic (exact) mass is 876 g/mol. The first-order valence-corrected chi connectivity index (χ1v) is 23.7. The van der Waals surface area contributed by atoms with Crippen molar-refractivity contribution >= 4 is 21.5 Å². The van der Waals surface area contributed by atoms with Crippen LogP contribution in [0.15, 0.2) is 267 Å². The van der Waals surface area contributed by atoms with Gasteiger partial charge in [0.1, 0.15) is 0 Å². The Morgan fingerprint density at radius 1 is 0.275 bits per heavy atom. The second-order valence-electron chi connectivity index (χ2n) is 17.9. The number of benzene rings is 11. The first-order valence-electron chi connectivity index (χ1n) is 23.7. The molecule has 0 N–H and O–H groups in total. The lowest BCUT2D eigenvalue weighted by atomic mass is 9.66. The second-order valence-corrected chi connectivity index (χ2v) is 17.9. The summed E-state index contributed by atoms with van der Waals surface area (Å²) in [6.07, 6.45) is 0. The standard InChI is InChI=1S/C67H44N2/c1-5-20-45(21-6-1)52-29-15-18-33-58(52)63-44-62(49-23-7-2-8-24-49)68-66(69-63)59-43-42-53(56-31-16-17-32-57(56)59)47-36-38-48(39-37-47)54-34-19-35-61-64(54)60-41-40-46-22-13-14-30-55(46)65(60)67(61,50-25-9-3-10-26-50)51-27-11-4-12-28-51/h1-44H. The van der Waals surface area contributed by atoms with Crippen LogP contribution in [-0.2, 0) is 5.41 Å². The van der Waals surface area contributed by atoms with E-state index in [0.717, 1.165) is 61.1 Å². The summed E-state index contributed by atoms with van der Waals surface area (Å²) in [6.45, 7) is 0. The molecule has 1 aliphatic rings. The fourth-order valence-electron chi connectivity index (χ4n) is 11.2. The van der Waals surface area contributed by atoms with Crippen molar-refractivity contribution in [3.05, 3.63) is 289 Å². The Hall–Kier alpha value is -8.98. The average molecular weight is 877 g/mol. The van der Waals surface area contributed by atoms with Gasteiger partial charge in [-0.1, -0.05) is 255 Å². The molecule has 0 fully saturated rings. The van der Waals surface area contributed by atoms with Crippen molar-refractivity contribution in [2.24, 2.45) is 0 Å². The fourth-order valence-corrected chi connectivity index (χ4v) is 11.2. The van der Waals surface area contributed by atoms with Gasteiger partial charge in [0.05, 0.1) is 16.8 Å². The van der Waals surface area contributed by atoms with Gasteiger partial charge >= 0.3 is 0 Å². The molecule has 0 saturated carbocycles. The minimum absolute atomic E-state index is 0.513. The predicted octanol–water partition coefficient (Wildman–Crippen LogP) is 17.1. The minimum atomic E-state index is -0.513. The summed E-state index contributed by atoms with van der Waals surface area (Å²) in [7, 11) is 0. The third-order valence-electron chi connectivity index (χ3n) is 14.2. The Labute approximate surface area is 402 Å². The molecule has 0 amide bonds. The Kier molecular flexibility index (Phi) is 9.77. The van der Waals surface area contributed by atoms with Crippen LogP contribution in [0.4, 0.5) is 0 Å². The molecule has 0 atom stereocenters. The lowest BCUT2D eigenvalue weighted by Crippen LogP contribution is -2.28. The van der Waals surface area contributed by atoms with E-state index in [-0.39, 0.29) is 0 Å². The highest BCUT2D eigenvalue weighted by atomic mass is 14.9. The lowest BCUT2D eigenvalue weighted by molar-refractivity contribution is 0.775. The molecule has 0 saturated heterocycles. The molecule has 0 aliphatic heterocycles. The highest BCUT2D eigenvalue weighted by Crippen LogP contribution is 2.60. The van der Waals surface area contributed by atoms with E-state index in [0.29, 0.717) is 5.82 Å². The minimum Gasteiger partial charge on any atom is -0.228 e. The van der Waals surface area contributed by atoms with Crippen molar-refractivity contribution in [3.8, 4) is 78.4 Å². The van der Waals surface area contributed by atoms with Crippen LogP contribution in [0.3, 0.4) is 0 Å². The molecular weight excluding hydrogens is 833 g/mol. The van der Waals surface area contributed by atoms with Gasteiger partial charge in [-0.05, 0) is 100 Å². The number of nitrogens with zero attached hydrogens (tertiary/aromatic N) is 2. The maximum Gasteiger partial charge on any atom is 0.161 e. The predicted molar refractivity (Wildman–Crippen MR) is 287 cm³/mol. The quantitative estimate of drug-likeness (QED) is 0.152. The summed E-state index contributed by atoms with van der Waals surface area (Å²) in [5.74, 6) is 0.695. The molecule has 13 rings (SSSR count). The summed E-state index contributed by atoms with van der Waals surface area (Å²) in [6, 6.07) is 96.6. The summed E-state index contributed by atoms with van der Waals surface area (Å²) in [5.41, 5.74) is 19.1. The summed E-state index contributed by atoms with van der Waals surface area (Å²) in [4.78, 5) is 10.7. The van der Waals surface area contributed by atoms with Crippen LogP contribution in [0, 0.1) is 0 Å². The van der Waals surface area contributed by atoms with Gasteiger partial charge < -0.3 is 0 Å². The number of rotatable bonds is 8. The van der Waals surface area contributed by atoms with Gasteiger partial charge in [0, 0.05) is 16.7 Å². The van der Waals surface area contributed by atoms with Crippen LogP contribution in [0.5, 0.6) is 0 Å².